The smallest absolute Gasteiger partial charge is 0.355 e. The predicted octanol–water partition coefficient (Wildman–Crippen LogP) is 4.52. The van der Waals surface area contributed by atoms with Crippen molar-refractivity contribution in [2.24, 2.45) is 0 Å². The number of hydrogen-bond acceptors (Lipinski definition) is 3. The highest BCUT2D eigenvalue weighted by Gasteiger charge is 2.42. The average molecular weight is 456 g/mol. The second kappa shape index (κ2) is 8.36. The molecule has 0 aliphatic rings. The Morgan fingerprint density at radius 1 is 0.844 bits per heavy atom. The maximum absolute atomic E-state index is 13.2. The van der Waals surface area contributed by atoms with E-state index in [-0.39, 0.29) is 33.2 Å². The largest absolute Gasteiger partial charge is 0.435 e. The van der Waals surface area contributed by atoms with Gasteiger partial charge in [0.05, 0.1) is 16.8 Å². The van der Waals surface area contributed by atoms with E-state index >= 15 is 0 Å². The van der Waals surface area contributed by atoms with Crippen molar-refractivity contribution in [3.05, 3.63) is 77.1 Å². The van der Waals surface area contributed by atoms with E-state index in [2.05, 4.69) is 15.7 Å². The number of hydrogen-bond donors (Lipinski definition) is 2. The lowest BCUT2D eigenvalue weighted by molar-refractivity contribution is -0.143. The topological polar surface area (TPSA) is 76.0 Å². The Bertz CT molecular complexity index is 1150. The van der Waals surface area contributed by atoms with Crippen LogP contribution in [0, 0.1) is 0 Å². The summed E-state index contributed by atoms with van der Waals surface area (Å²) in [5.41, 5.74) is -3.28. The third kappa shape index (κ3) is 4.74. The van der Waals surface area contributed by atoms with Crippen LogP contribution in [0.15, 0.2) is 54.6 Å². The molecule has 0 saturated heterocycles. The zero-order valence-electron chi connectivity index (χ0n) is 16.2. The molecule has 2 N–H and O–H groups in total. The first-order valence-electron chi connectivity index (χ1n) is 8.89. The summed E-state index contributed by atoms with van der Waals surface area (Å²) in [4.78, 5) is 24.4. The lowest BCUT2D eigenvalue weighted by atomic mass is 10.1. The molecule has 3 aromatic rings. The highest BCUT2D eigenvalue weighted by atomic mass is 19.4. The predicted molar refractivity (Wildman–Crippen MR) is 101 cm³/mol. The molecule has 0 aliphatic heterocycles. The summed E-state index contributed by atoms with van der Waals surface area (Å²) in [6.07, 6.45) is -10.1. The molecule has 0 fully saturated rings. The van der Waals surface area contributed by atoms with Crippen LogP contribution in [-0.4, -0.2) is 28.6 Å². The minimum absolute atomic E-state index is 0.0529. The first-order valence-corrected chi connectivity index (χ1v) is 8.89. The third-order valence-electron chi connectivity index (χ3n) is 4.30. The van der Waals surface area contributed by atoms with Gasteiger partial charge in [0.15, 0.2) is 5.69 Å². The van der Waals surface area contributed by atoms with E-state index in [0.717, 1.165) is 12.1 Å². The zero-order valence-corrected chi connectivity index (χ0v) is 16.2. The molecule has 3 rings (SSSR count). The van der Waals surface area contributed by atoms with Crippen LogP contribution in [0.1, 0.15) is 32.1 Å². The van der Waals surface area contributed by atoms with Gasteiger partial charge in [0.2, 0.25) is 0 Å². The van der Waals surface area contributed by atoms with Crippen LogP contribution in [0.3, 0.4) is 0 Å². The number of alkyl halides is 6. The van der Waals surface area contributed by atoms with Crippen LogP contribution in [0.2, 0.25) is 0 Å². The molecule has 12 heteroatoms. The van der Waals surface area contributed by atoms with E-state index in [1.165, 1.54) is 31.3 Å². The number of nitrogens with zero attached hydrogens (tertiary/aromatic N) is 2. The summed E-state index contributed by atoms with van der Waals surface area (Å²) in [6, 6.07) is 10.4. The first kappa shape index (κ1) is 22.8. The molecule has 0 bridgehead atoms. The van der Waals surface area contributed by atoms with Crippen molar-refractivity contribution < 1.29 is 35.9 Å². The molecule has 0 saturated carbocycles. The van der Waals surface area contributed by atoms with Crippen molar-refractivity contribution in [3.8, 4) is 5.69 Å². The normalized spacial score (nSPS) is 11.8. The van der Waals surface area contributed by atoms with Gasteiger partial charge >= 0.3 is 12.4 Å². The van der Waals surface area contributed by atoms with Gasteiger partial charge in [0, 0.05) is 18.8 Å². The fourth-order valence-corrected chi connectivity index (χ4v) is 2.82. The lowest BCUT2D eigenvalue weighted by Crippen LogP contribution is -2.23. The Hall–Kier alpha value is -3.83. The monoisotopic (exact) mass is 456 g/mol. The summed E-state index contributed by atoms with van der Waals surface area (Å²) in [7, 11) is 1.39. The van der Waals surface area contributed by atoms with Gasteiger partial charge in [-0.2, -0.15) is 31.4 Å². The maximum Gasteiger partial charge on any atom is 0.435 e. The fourth-order valence-electron chi connectivity index (χ4n) is 2.82. The van der Waals surface area contributed by atoms with Gasteiger partial charge in [0.25, 0.3) is 11.8 Å². The van der Waals surface area contributed by atoms with Crippen LogP contribution >= 0.6 is 0 Å². The Morgan fingerprint density at radius 3 is 1.91 bits per heavy atom. The number of aromatic nitrogens is 2. The van der Waals surface area contributed by atoms with Gasteiger partial charge in [0.1, 0.15) is 5.69 Å². The van der Waals surface area contributed by atoms with Gasteiger partial charge < -0.3 is 10.6 Å². The Morgan fingerprint density at radius 2 is 1.41 bits per heavy atom. The van der Waals surface area contributed by atoms with Gasteiger partial charge in [-0.15, -0.1) is 0 Å². The second-order valence-corrected chi connectivity index (χ2v) is 6.45. The number of nitrogens with one attached hydrogen (secondary N) is 2. The number of rotatable bonds is 4. The van der Waals surface area contributed by atoms with E-state index < -0.39 is 35.6 Å². The van der Waals surface area contributed by atoms with Crippen molar-refractivity contribution in [2.45, 2.75) is 12.4 Å². The van der Waals surface area contributed by atoms with Crippen LogP contribution in [-0.2, 0) is 12.4 Å². The molecule has 0 unspecified atom stereocenters. The summed E-state index contributed by atoms with van der Waals surface area (Å²) >= 11 is 0. The molecule has 0 radical (unpaired) electrons. The average Bonchev–Trinajstić information content (AvgIpc) is 3.20. The SMILES string of the molecule is CNC(=O)c1ccccc1C(=O)Nc1ccc(-n2nc(C(F)(F)F)cc2C(F)(F)F)cc1. The summed E-state index contributed by atoms with van der Waals surface area (Å²) < 4.78 is 78.3. The van der Waals surface area contributed by atoms with Crippen molar-refractivity contribution >= 4 is 17.5 Å². The molecular formula is C20H14F6N4O2. The lowest BCUT2D eigenvalue weighted by Gasteiger charge is -2.12. The Labute approximate surface area is 176 Å². The molecule has 2 amide bonds. The number of halogens is 6. The summed E-state index contributed by atoms with van der Waals surface area (Å²) in [5, 5.41) is 7.91. The molecular weight excluding hydrogens is 442 g/mol. The summed E-state index contributed by atoms with van der Waals surface area (Å²) in [5.74, 6) is -1.16. The van der Waals surface area contributed by atoms with Crippen LogP contribution in [0.25, 0.3) is 5.69 Å². The van der Waals surface area contributed by atoms with Crippen molar-refractivity contribution in [1.82, 2.24) is 15.1 Å². The van der Waals surface area contributed by atoms with E-state index in [1.54, 1.807) is 12.1 Å². The number of carbonyl (C=O) groups excluding carboxylic acids is 2. The highest BCUT2D eigenvalue weighted by Crippen LogP contribution is 2.36. The van der Waals surface area contributed by atoms with Gasteiger partial charge in [-0.05, 0) is 36.4 Å². The number of anilines is 1. The Kier molecular flexibility index (Phi) is 5.97. The van der Waals surface area contributed by atoms with Crippen LogP contribution < -0.4 is 10.6 Å². The zero-order chi connectivity index (χ0) is 23.7. The van der Waals surface area contributed by atoms with Crippen molar-refractivity contribution in [2.75, 3.05) is 12.4 Å². The van der Waals surface area contributed by atoms with Crippen LogP contribution in [0.4, 0.5) is 32.0 Å². The molecule has 6 nitrogen and oxygen atoms in total. The molecule has 2 aromatic carbocycles. The first-order chi connectivity index (χ1) is 14.9. The second-order valence-electron chi connectivity index (χ2n) is 6.45. The van der Waals surface area contributed by atoms with E-state index in [1.807, 2.05) is 0 Å². The number of benzene rings is 2. The standard InChI is InChI=1S/C20H14F6N4O2/c1-27-17(31)13-4-2-3-5-14(13)18(32)28-11-6-8-12(9-7-11)30-16(20(24,25)26)10-15(29-30)19(21,22)23/h2-10H,1H3,(H,27,31)(H,28,32). The number of carbonyl (C=O) groups is 2. The van der Waals surface area contributed by atoms with Gasteiger partial charge in [-0.3, -0.25) is 9.59 Å². The molecule has 0 spiro atoms. The van der Waals surface area contributed by atoms with Crippen LogP contribution in [0.5, 0.6) is 0 Å². The highest BCUT2D eigenvalue weighted by molar-refractivity contribution is 6.12. The molecule has 32 heavy (non-hydrogen) atoms. The molecule has 0 aliphatic carbocycles. The van der Waals surface area contributed by atoms with Gasteiger partial charge in [-0.1, -0.05) is 12.1 Å². The number of amides is 2. The van der Waals surface area contributed by atoms with Crippen molar-refractivity contribution in [1.29, 1.82) is 0 Å². The molecule has 1 aromatic heterocycles. The molecule has 0 atom stereocenters. The quantitative estimate of drug-likeness (QED) is 0.567. The molecule has 1 heterocycles. The third-order valence-corrected chi connectivity index (χ3v) is 4.30. The fraction of sp³-hybridized carbons (Fsp3) is 0.150. The minimum atomic E-state index is -5.08. The van der Waals surface area contributed by atoms with E-state index in [9.17, 15) is 35.9 Å². The van der Waals surface area contributed by atoms with Gasteiger partial charge in [-0.25, -0.2) is 4.68 Å². The maximum atomic E-state index is 13.2. The van der Waals surface area contributed by atoms with Crippen molar-refractivity contribution in [3.63, 3.8) is 0 Å². The van der Waals surface area contributed by atoms with E-state index in [4.69, 9.17) is 0 Å². The Balaban J connectivity index is 1.89. The molecule has 168 valence electrons. The van der Waals surface area contributed by atoms with E-state index in [0.29, 0.717) is 0 Å². The minimum Gasteiger partial charge on any atom is -0.355 e. The summed E-state index contributed by atoms with van der Waals surface area (Å²) in [6.45, 7) is 0.